The van der Waals surface area contributed by atoms with Crippen LogP contribution in [0.1, 0.15) is 17.9 Å². The van der Waals surface area contributed by atoms with E-state index in [4.69, 9.17) is 13.9 Å². The van der Waals surface area contributed by atoms with Gasteiger partial charge in [0.15, 0.2) is 5.76 Å². The van der Waals surface area contributed by atoms with Gasteiger partial charge in [0.1, 0.15) is 18.1 Å². The smallest absolute Gasteiger partial charge is 0.208 e. The van der Waals surface area contributed by atoms with Crippen molar-refractivity contribution in [2.75, 3.05) is 13.7 Å². The Morgan fingerprint density at radius 3 is 2.92 bits per heavy atom. The number of ether oxygens (including phenoxy) is 2. The molecule has 0 amide bonds. The molecule has 0 fully saturated rings. The molecule has 3 aromatic rings. The van der Waals surface area contributed by atoms with Crippen LogP contribution in [0.3, 0.4) is 0 Å². The van der Waals surface area contributed by atoms with Gasteiger partial charge in [-0.2, -0.15) is 0 Å². The molecule has 134 valence electrons. The van der Waals surface area contributed by atoms with Gasteiger partial charge in [0.25, 0.3) is 0 Å². The van der Waals surface area contributed by atoms with Crippen LogP contribution >= 0.6 is 0 Å². The molecule has 1 aliphatic rings. The van der Waals surface area contributed by atoms with Crippen molar-refractivity contribution < 1.29 is 13.9 Å². The Morgan fingerprint density at radius 1 is 1.15 bits per heavy atom. The third-order valence-corrected chi connectivity index (χ3v) is 4.64. The number of oxazole rings is 1. The van der Waals surface area contributed by atoms with Gasteiger partial charge >= 0.3 is 0 Å². The van der Waals surface area contributed by atoms with E-state index in [0.717, 1.165) is 29.9 Å². The second kappa shape index (κ2) is 7.62. The fourth-order valence-electron chi connectivity index (χ4n) is 3.21. The Balaban J connectivity index is 1.38. The second-order valence-corrected chi connectivity index (χ2v) is 6.35. The summed E-state index contributed by atoms with van der Waals surface area (Å²) in [6.07, 6.45) is 3.78. The predicted molar refractivity (Wildman–Crippen MR) is 99.4 cm³/mol. The summed E-state index contributed by atoms with van der Waals surface area (Å²) in [5, 5.41) is 3.49. The van der Waals surface area contributed by atoms with Crippen LogP contribution in [0.4, 0.5) is 0 Å². The first kappa shape index (κ1) is 16.7. The van der Waals surface area contributed by atoms with Crippen molar-refractivity contribution in [1.82, 2.24) is 10.3 Å². The standard InChI is InChI=1S/C21H22N2O3/c1-24-19-9-5-3-7-17(19)20-12-23-21(26-20)13-22-16-11-10-15-6-2-4-8-18(15)25-14-16/h2-9,12,16,22H,10-11,13-14H2,1H3/t16-/m0/s1. The first-order chi connectivity index (χ1) is 12.8. The molecular formula is C21H22N2O3. The van der Waals surface area contributed by atoms with Gasteiger partial charge in [-0.25, -0.2) is 4.98 Å². The summed E-state index contributed by atoms with van der Waals surface area (Å²) >= 11 is 0. The lowest BCUT2D eigenvalue weighted by atomic mass is 10.1. The van der Waals surface area contributed by atoms with Crippen LogP contribution in [0.2, 0.25) is 0 Å². The number of nitrogens with one attached hydrogen (secondary N) is 1. The van der Waals surface area contributed by atoms with Crippen molar-refractivity contribution in [3.63, 3.8) is 0 Å². The molecule has 5 heteroatoms. The lowest BCUT2D eigenvalue weighted by molar-refractivity contribution is 0.263. The zero-order valence-corrected chi connectivity index (χ0v) is 14.8. The Labute approximate surface area is 153 Å². The Kier molecular flexibility index (Phi) is 4.88. The van der Waals surface area contributed by atoms with Crippen molar-refractivity contribution in [3.05, 3.63) is 66.2 Å². The molecule has 26 heavy (non-hydrogen) atoms. The zero-order chi connectivity index (χ0) is 17.8. The normalized spacial score (nSPS) is 16.4. The average molecular weight is 350 g/mol. The number of para-hydroxylation sites is 2. The molecule has 1 aromatic heterocycles. The molecule has 0 bridgehead atoms. The highest BCUT2D eigenvalue weighted by atomic mass is 16.5. The Morgan fingerprint density at radius 2 is 2.00 bits per heavy atom. The molecular weight excluding hydrogens is 328 g/mol. The van der Waals surface area contributed by atoms with E-state index >= 15 is 0 Å². The lowest BCUT2D eigenvalue weighted by Gasteiger charge is -2.14. The molecule has 2 heterocycles. The van der Waals surface area contributed by atoms with Crippen molar-refractivity contribution in [3.8, 4) is 22.8 Å². The minimum absolute atomic E-state index is 0.268. The van der Waals surface area contributed by atoms with Crippen LogP contribution in [0.25, 0.3) is 11.3 Å². The number of aromatic nitrogens is 1. The lowest BCUT2D eigenvalue weighted by Crippen LogP contribution is -2.33. The summed E-state index contributed by atoms with van der Waals surface area (Å²) in [6.45, 7) is 1.22. The zero-order valence-electron chi connectivity index (χ0n) is 14.8. The highest BCUT2D eigenvalue weighted by molar-refractivity contribution is 5.64. The van der Waals surface area contributed by atoms with Gasteiger partial charge in [-0.05, 0) is 36.6 Å². The number of fused-ring (bicyclic) bond motifs is 1. The van der Waals surface area contributed by atoms with Gasteiger partial charge in [-0.15, -0.1) is 0 Å². The summed E-state index contributed by atoms with van der Waals surface area (Å²) in [7, 11) is 1.65. The van der Waals surface area contributed by atoms with Crippen LogP contribution < -0.4 is 14.8 Å². The summed E-state index contributed by atoms with van der Waals surface area (Å²) in [5.74, 6) is 3.14. The fourth-order valence-corrected chi connectivity index (χ4v) is 3.21. The van der Waals surface area contributed by atoms with Crippen LogP contribution in [0, 0.1) is 0 Å². The van der Waals surface area contributed by atoms with E-state index in [9.17, 15) is 0 Å². The molecule has 1 N–H and O–H groups in total. The molecule has 1 atom stereocenters. The third kappa shape index (κ3) is 3.58. The maximum absolute atomic E-state index is 5.92. The van der Waals surface area contributed by atoms with Crippen LogP contribution in [-0.2, 0) is 13.0 Å². The number of hydrogen-bond donors (Lipinski definition) is 1. The van der Waals surface area contributed by atoms with E-state index in [0.29, 0.717) is 24.8 Å². The van der Waals surface area contributed by atoms with E-state index in [-0.39, 0.29) is 6.04 Å². The maximum atomic E-state index is 5.92. The van der Waals surface area contributed by atoms with Crippen LogP contribution in [0.5, 0.6) is 11.5 Å². The molecule has 0 saturated heterocycles. The van der Waals surface area contributed by atoms with Crippen LogP contribution in [-0.4, -0.2) is 24.7 Å². The molecule has 5 nitrogen and oxygen atoms in total. The minimum atomic E-state index is 0.268. The number of aryl methyl sites for hydroxylation is 1. The second-order valence-electron chi connectivity index (χ2n) is 6.35. The van der Waals surface area contributed by atoms with Crippen molar-refractivity contribution in [2.45, 2.75) is 25.4 Å². The molecule has 2 aromatic carbocycles. The van der Waals surface area contributed by atoms with Gasteiger partial charge in [-0.1, -0.05) is 30.3 Å². The average Bonchev–Trinajstić information content (AvgIpc) is 3.07. The molecule has 4 rings (SSSR count). The monoisotopic (exact) mass is 350 g/mol. The molecule has 1 aliphatic heterocycles. The van der Waals surface area contributed by atoms with Gasteiger partial charge in [0, 0.05) is 6.04 Å². The first-order valence-corrected chi connectivity index (χ1v) is 8.85. The van der Waals surface area contributed by atoms with Crippen molar-refractivity contribution in [2.24, 2.45) is 0 Å². The van der Waals surface area contributed by atoms with E-state index in [1.807, 2.05) is 36.4 Å². The number of hydrogen-bond acceptors (Lipinski definition) is 5. The van der Waals surface area contributed by atoms with Crippen molar-refractivity contribution in [1.29, 1.82) is 0 Å². The SMILES string of the molecule is COc1ccccc1-c1cnc(CN[C@H]2CCc3ccccc3OC2)o1. The topological polar surface area (TPSA) is 56.5 Å². The molecule has 0 unspecified atom stereocenters. The third-order valence-electron chi connectivity index (χ3n) is 4.64. The summed E-state index contributed by atoms with van der Waals surface area (Å²) < 4.78 is 17.2. The van der Waals surface area contributed by atoms with E-state index in [2.05, 4.69) is 22.4 Å². The Hall–Kier alpha value is -2.79. The predicted octanol–water partition coefficient (Wildman–Crippen LogP) is 3.83. The highest BCUT2D eigenvalue weighted by Gasteiger charge is 2.17. The van der Waals surface area contributed by atoms with E-state index < -0.39 is 0 Å². The Bertz CT molecular complexity index is 848. The molecule has 0 aliphatic carbocycles. The molecule has 0 saturated carbocycles. The number of rotatable bonds is 5. The van der Waals surface area contributed by atoms with Gasteiger partial charge < -0.3 is 19.2 Å². The fraction of sp³-hybridized carbons (Fsp3) is 0.286. The van der Waals surface area contributed by atoms with E-state index in [1.54, 1.807) is 13.3 Å². The number of nitrogens with zero attached hydrogens (tertiary/aromatic N) is 1. The minimum Gasteiger partial charge on any atom is -0.496 e. The van der Waals surface area contributed by atoms with Gasteiger partial charge in [-0.3, -0.25) is 0 Å². The van der Waals surface area contributed by atoms with Crippen LogP contribution in [0.15, 0.2) is 59.1 Å². The molecule has 0 spiro atoms. The van der Waals surface area contributed by atoms with E-state index in [1.165, 1.54) is 5.56 Å². The maximum Gasteiger partial charge on any atom is 0.208 e. The van der Waals surface area contributed by atoms with Crippen molar-refractivity contribution >= 4 is 0 Å². The quantitative estimate of drug-likeness (QED) is 0.758. The first-order valence-electron chi connectivity index (χ1n) is 8.85. The highest BCUT2D eigenvalue weighted by Crippen LogP contribution is 2.30. The number of methoxy groups -OCH3 is 1. The van der Waals surface area contributed by atoms with Gasteiger partial charge in [0.2, 0.25) is 5.89 Å². The summed E-state index contributed by atoms with van der Waals surface area (Å²) in [6, 6.07) is 16.3. The largest absolute Gasteiger partial charge is 0.496 e. The number of benzene rings is 2. The van der Waals surface area contributed by atoms with Gasteiger partial charge in [0.05, 0.1) is 25.4 Å². The summed E-state index contributed by atoms with van der Waals surface area (Å²) in [4.78, 5) is 4.39. The molecule has 0 radical (unpaired) electrons. The summed E-state index contributed by atoms with van der Waals surface area (Å²) in [5.41, 5.74) is 2.17.